The molecule has 0 unspecified atom stereocenters. The van der Waals surface area contributed by atoms with Gasteiger partial charge in [-0.25, -0.2) is 0 Å². The van der Waals surface area contributed by atoms with Crippen molar-refractivity contribution in [3.05, 3.63) is 34.9 Å². The Bertz CT molecular complexity index is 503. The molecule has 1 amide bonds. The molecule has 0 aliphatic carbocycles. The first-order chi connectivity index (χ1) is 10.5. The molecule has 0 spiro atoms. The van der Waals surface area contributed by atoms with Gasteiger partial charge in [-0.1, -0.05) is 44.5 Å². The van der Waals surface area contributed by atoms with Gasteiger partial charge in [0.1, 0.15) is 0 Å². The normalized spacial score (nSPS) is 12.3. The molecule has 1 aromatic rings. The van der Waals surface area contributed by atoms with Gasteiger partial charge in [0.2, 0.25) is 5.91 Å². The maximum absolute atomic E-state index is 12.7. The molecule has 0 aromatic heterocycles. The summed E-state index contributed by atoms with van der Waals surface area (Å²) in [6.07, 6.45) is 2.17. The third kappa shape index (κ3) is 7.85. The van der Waals surface area contributed by atoms with Crippen molar-refractivity contribution < 1.29 is 9.90 Å². The van der Waals surface area contributed by atoms with E-state index in [9.17, 15) is 9.90 Å². The highest BCUT2D eigenvalue weighted by Gasteiger charge is 2.28. The Kier molecular flexibility index (Phi) is 7.09. The van der Waals surface area contributed by atoms with Crippen LogP contribution in [0.3, 0.4) is 0 Å². The van der Waals surface area contributed by atoms with Gasteiger partial charge in [0.25, 0.3) is 0 Å². The predicted molar refractivity (Wildman–Crippen MR) is 96.7 cm³/mol. The standard InChI is InChI=1S/C19H30ClNO2/c1-6-11-21(14-19(4,5)23)17(22)13-18(2,3)12-15-7-9-16(20)10-8-15/h7-10,23H,6,11-14H2,1-5H3. The van der Waals surface area contributed by atoms with Crippen molar-refractivity contribution >= 4 is 17.5 Å². The Hall–Kier alpha value is -1.06. The number of rotatable bonds is 8. The number of aliphatic hydroxyl groups is 1. The molecule has 0 fully saturated rings. The molecule has 0 heterocycles. The molecule has 0 aliphatic rings. The maximum atomic E-state index is 12.7. The zero-order valence-electron chi connectivity index (χ0n) is 15.0. The number of amides is 1. The van der Waals surface area contributed by atoms with Crippen LogP contribution >= 0.6 is 11.6 Å². The molecule has 130 valence electrons. The highest BCUT2D eigenvalue weighted by atomic mass is 35.5. The van der Waals surface area contributed by atoms with Gasteiger partial charge in [-0.2, -0.15) is 0 Å². The first kappa shape index (κ1) is 20.0. The van der Waals surface area contributed by atoms with Crippen molar-refractivity contribution in [3.8, 4) is 0 Å². The molecule has 1 N–H and O–H groups in total. The summed E-state index contributed by atoms with van der Waals surface area (Å²) in [7, 11) is 0. The van der Waals surface area contributed by atoms with Crippen LogP contribution in [0.4, 0.5) is 0 Å². The first-order valence-corrected chi connectivity index (χ1v) is 8.65. The smallest absolute Gasteiger partial charge is 0.223 e. The number of carbonyl (C=O) groups excluding carboxylic acids is 1. The average molecular weight is 340 g/mol. The molecule has 3 nitrogen and oxygen atoms in total. The second-order valence-electron chi connectivity index (χ2n) is 7.77. The van der Waals surface area contributed by atoms with Crippen molar-refractivity contribution in [2.45, 2.75) is 59.5 Å². The third-order valence-corrected chi connectivity index (χ3v) is 3.90. The number of halogens is 1. The minimum absolute atomic E-state index is 0.105. The van der Waals surface area contributed by atoms with Crippen molar-refractivity contribution in [1.82, 2.24) is 4.90 Å². The molecule has 0 bridgehead atoms. The molecule has 0 aliphatic heterocycles. The Morgan fingerprint density at radius 2 is 1.74 bits per heavy atom. The van der Waals surface area contributed by atoms with Crippen LogP contribution in [-0.4, -0.2) is 34.6 Å². The fourth-order valence-corrected chi connectivity index (χ4v) is 2.89. The molecule has 23 heavy (non-hydrogen) atoms. The molecule has 1 rings (SSSR count). The minimum atomic E-state index is -0.870. The van der Waals surface area contributed by atoms with Gasteiger partial charge < -0.3 is 10.0 Å². The third-order valence-electron chi connectivity index (χ3n) is 3.65. The topological polar surface area (TPSA) is 40.5 Å². The number of carbonyl (C=O) groups is 1. The van der Waals surface area contributed by atoms with E-state index in [1.807, 2.05) is 31.2 Å². The lowest BCUT2D eigenvalue weighted by Gasteiger charge is -2.32. The van der Waals surface area contributed by atoms with Gasteiger partial charge in [0.05, 0.1) is 5.60 Å². The van der Waals surface area contributed by atoms with Crippen LogP contribution in [0.5, 0.6) is 0 Å². The molecular formula is C19H30ClNO2. The summed E-state index contributed by atoms with van der Waals surface area (Å²) in [5, 5.41) is 10.7. The monoisotopic (exact) mass is 339 g/mol. The Labute approximate surface area is 145 Å². The van der Waals surface area contributed by atoms with Crippen LogP contribution < -0.4 is 0 Å². The summed E-state index contributed by atoms with van der Waals surface area (Å²) < 4.78 is 0. The van der Waals surface area contributed by atoms with Gasteiger partial charge in [-0.05, 0) is 49.8 Å². The van der Waals surface area contributed by atoms with E-state index in [4.69, 9.17) is 11.6 Å². The summed E-state index contributed by atoms with van der Waals surface area (Å²) in [5.74, 6) is 0.105. The number of hydrogen-bond donors (Lipinski definition) is 1. The molecule has 0 radical (unpaired) electrons. The van der Waals surface area contributed by atoms with E-state index in [2.05, 4.69) is 13.8 Å². The van der Waals surface area contributed by atoms with Crippen molar-refractivity contribution in [2.75, 3.05) is 13.1 Å². The first-order valence-electron chi connectivity index (χ1n) is 8.27. The molecular weight excluding hydrogens is 310 g/mol. The van der Waals surface area contributed by atoms with E-state index in [1.165, 1.54) is 5.56 Å². The van der Waals surface area contributed by atoms with E-state index in [0.717, 1.165) is 17.9 Å². The largest absolute Gasteiger partial charge is 0.389 e. The molecule has 0 atom stereocenters. The van der Waals surface area contributed by atoms with Crippen LogP contribution in [0.15, 0.2) is 24.3 Å². The van der Waals surface area contributed by atoms with Crippen molar-refractivity contribution in [1.29, 1.82) is 0 Å². The fraction of sp³-hybridized carbons (Fsp3) is 0.632. The fourth-order valence-electron chi connectivity index (χ4n) is 2.77. The molecule has 0 saturated carbocycles. The molecule has 4 heteroatoms. The number of benzene rings is 1. The van der Waals surface area contributed by atoms with Crippen molar-refractivity contribution in [3.63, 3.8) is 0 Å². The van der Waals surface area contributed by atoms with Gasteiger partial charge >= 0.3 is 0 Å². The lowest BCUT2D eigenvalue weighted by Crippen LogP contribution is -2.44. The second kappa shape index (κ2) is 8.16. The molecule has 1 aromatic carbocycles. The van der Waals surface area contributed by atoms with E-state index in [-0.39, 0.29) is 11.3 Å². The molecule has 0 saturated heterocycles. The summed E-state index contributed by atoms with van der Waals surface area (Å²) in [5.41, 5.74) is 0.165. The van der Waals surface area contributed by atoms with Gasteiger partial charge in [-0.15, -0.1) is 0 Å². The van der Waals surface area contributed by atoms with E-state index in [0.29, 0.717) is 19.5 Å². The quantitative estimate of drug-likeness (QED) is 0.766. The SMILES string of the molecule is CCCN(CC(C)(C)O)C(=O)CC(C)(C)Cc1ccc(Cl)cc1. The van der Waals surface area contributed by atoms with E-state index in [1.54, 1.807) is 18.7 Å². The van der Waals surface area contributed by atoms with E-state index >= 15 is 0 Å². The van der Waals surface area contributed by atoms with Crippen LogP contribution in [0.2, 0.25) is 5.02 Å². The summed E-state index contributed by atoms with van der Waals surface area (Å²) >= 11 is 5.92. The Morgan fingerprint density at radius 1 is 1.17 bits per heavy atom. The highest BCUT2D eigenvalue weighted by molar-refractivity contribution is 6.30. The Balaban J connectivity index is 2.72. The van der Waals surface area contributed by atoms with Gasteiger partial charge in [0.15, 0.2) is 0 Å². The lowest BCUT2D eigenvalue weighted by molar-refractivity contribution is -0.136. The zero-order valence-corrected chi connectivity index (χ0v) is 15.8. The van der Waals surface area contributed by atoms with E-state index < -0.39 is 5.60 Å². The highest BCUT2D eigenvalue weighted by Crippen LogP contribution is 2.28. The van der Waals surface area contributed by atoms with Crippen molar-refractivity contribution in [2.24, 2.45) is 5.41 Å². The average Bonchev–Trinajstić information content (AvgIpc) is 2.38. The lowest BCUT2D eigenvalue weighted by atomic mass is 9.82. The van der Waals surface area contributed by atoms with Crippen LogP contribution in [0.1, 0.15) is 53.0 Å². The van der Waals surface area contributed by atoms with Gasteiger partial charge in [-0.3, -0.25) is 4.79 Å². The summed E-state index contributed by atoms with van der Waals surface area (Å²) in [6, 6.07) is 7.78. The predicted octanol–water partition coefficient (Wildman–Crippen LogP) is 4.31. The minimum Gasteiger partial charge on any atom is -0.389 e. The zero-order chi connectivity index (χ0) is 17.7. The summed E-state index contributed by atoms with van der Waals surface area (Å²) in [6.45, 7) is 10.8. The Morgan fingerprint density at radius 3 is 2.22 bits per heavy atom. The van der Waals surface area contributed by atoms with Gasteiger partial charge in [0, 0.05) is 24.5 Å². The van der Waals surface area contributed by atoms with Crippen LogP contribution in [-0.2, 0) is 11.2 Å². The summed E-state index contributed by atoms with van der Waals surface area (Å²) in [4.78, 5) is 14.4. The van der Waals surface area contributed by atoms with Crippen LogP contribution in [0, 0.1) is 5.41 Å². The number of hydrogen-bond acceptors (Lipinski definition) is 2. The van der Waals surface area contributed by atoms with Crippen LogP contribution in [0.25, 0.3) is 0 Å². The number of nitrogens with zero attached hydrogens (tertiary/aromatic N) is 1. The second-order valence-corrected chi connectivity index (χ2v) is 8.21. The maximum Gasteiger partial charge on any atom is 0.223 e.